The van der Waals surface area contributed by atoms with Gasteiger partial charge >= 0.3 is 0 Å². The van der Waals surface area contributed by atoms with Crippen LogP contribution in [-0.4, -0.2) is 26.5 Å². The first-order valence-corrected chi connectivity index (χ1v) is 5.18. The van der Waals surface area contributed by atoms with Gasteiger partial charge in [0.15, 0.2) is 7.85 Å². The summed E-state index contributed by atoms with van der Waals surface area (Å²) >= 11 is 0. The van der Waals surface area contributed by atoms with Gasteiger partial charge in [0.05, 0.1) is 5.68 Å². The van der Waals surface area contributed by atoms with Gasteiger partial charge in [-0.25, -0.2) is 0 Å². The van der Waals surface area contributed by atoms with Gasteiger partial charge in [0.25, 0.3) is 0 Å². The van der Waals surface area contributed by atoms with Gasteiger partial charge in [-0.15, -0.1) is 0 Å². The predicted octanol–water partition coefficient (Wildman–Crippen LogP) is 1.01. The molecule has 0 unspecified atom stereocenters. The largest absolute Gasteiger partial charge is 0.359 e. The first-order valence-electron chi connectivity index (χ1n) is 5.18. The van der Waals surface area contributed by atoms with Gasteiger partial charge in [-0.1, -0.05) is 19.8 Å². The van der Waals surface area contributed by atoms with Crippen molar-refractivity contribution >= 4 is 19.9 Å². The predicted molar refractivity (Wildman–Crippen MR) is 57.1 cm³/mol. The van der Waals surface area contributed by atoms with E-state index >= 15 is 0 Å². The fourth-order valence-electron chi connectivity index (χ4n) is 1.45. The average molecular weight is 195 g/mol. The molecule has 78 valence electrons. The van der Waals surface area contributed by atoms with E-state index in [0.717, 1.165) is 32.1 Å². The summed E-state index contributed by atoms with van der Waals surface area (Å²) in [7, 11) is 5.25. The summed E-state index contributed by atoms with van der Waals surface area (Å²) in [6.07, 6.45) is 5.23. The quantitative estimate of drug-likeness (QED) is 0.339. The molecule has 14 heavy (non-hydrogen) atoms. The zero-order chi connectivity index (χ0) is 10.8. The summed E-state index contributed by atoms with van der Waals surface area (Å²) in [5, 5.41) is 2.59. The van der Waals surface area contributed by atoms with Crippen LogP contribution in [-0.2, 0) is 9.59 Å². The molecular weight excluding hydrogens is 177 g/mol. The number of rotatable bonds is 9. The number of carbonyl (C=O) groups excluding carboxylic acids is 2. The van der Waals surface area contributed by atoms with E-state index in [2.05, 4.69) is 5.32 Å². The Hall–Kier alpha value is -0.795. The molecule has 0 aromatic heterocycles. The van der Waals surface area contributed by atoms with E-state index in [4.69, 9.17) is 7.85 Å². The SMILES string of the molecule is [B]C(=O)[C@@H](CCC)CCCCNC=O. The molecule has 0 aliphatic heterocycles. The van der Waals surface area contributed by atoms with Crippen molar-refractivity contribution in [2.75, 3.05) is 6.54 Å². The van der Waals surface area contributed by atoms with Gasteiger partial charge in [-0.05, 0) is 19.3 Å². The maximum absolute atomic E-state index is 11.0. The lowest BCUT2D eigenvalue weighted by molar-refractivity contribution is -0.115. The van der Waals surface area contributed by atoms with Gasteiger partial charge in [-0.2, -0.15) is 0 Å². The van der Waals surface area contributed by atoms with Gasteiger partial charge in [0.1, 0.15) is 0 Å². The smallest absolute Gasteiger partial charge is 0.207 e. The Balaban J connectivity index is 3.50. The maximum Gasteiger partial charge on any atom is 0.207 e. The monoisotopic (exact) mass is 195 g/mol. The molecule has 0 bridgehead atoms. The Morgan fingerprint density at radius 2 is 2.14 bits per heavy atom. The van der Waals surface area contributed by atoms with Crippen LogP contribution in [0.25, 0.3) is 0 Å². The van der Waals surface area contributed by atoms with Crippen LogP contribution < -0.4 is 5.32 Å². The number of nitrogens with one attached hydrogen (secondary N) is 1. The third-order valence-corrected chi connectivity index (χ3v) is 2.25. The van der Waals surface area contributed by atoms with Crippen molar-refractivity contribution in [1.29, 1.82) is 0 Å². The van der Waals surface area contributed by atoms with Crippen molar-refractivity contribution in [3.8, 4) is 0 Å². The molecule has 3 nitrogen and oxygen atoms in total. The zero-order valence-electron chi connectivity index (χ0n) is 8.79. The number of unbranched alkanes of at least 4 members (excludes halogenated alkanes) is 1. The van der Waals surface area contributed by atoms with E-state index in [0.29, 0.717) is 13.0 Å². The van der Waals surface area contributed by atoms with Crippen LogP contribution in [0.4, 0.5) is 0 Å². The molecule has 0 saturated heterocycles. The van der Waals surface area contributed by atoms with Crippen LogP contribution in [0, 0.1) is 5.92 Å². The summed E-state index contributed by atoms with van der Waals surface area (Å²) in [5.41, 5.74) is -0.199. The topological polar surface area (TPSA) is 46.2 Å². The molecule has 1 atom stereocenters. The molecular formula is C10H18BNO2. The highest BCUT2D eigenvalue weighted by Crippen LogP contribution is 2.14. The maximum atomic E-state index is 11.0. The summed E-state index contributed by atoms with van der Waals surface area (Å²) in [6, 6.07) is 0. The van der Waals surface area contributed by atoms with E-state index in [1.54, 1.807) is 0 Å². The van der Waals surface area contributed by atoms with Gasteiger partial charge in [0.2, 0.25) is 6.41 Å². The molecule has 0 aromatic carbocycles. The van der Waals surface area contributed by atoms with Crippen molar-refractivity contribution in [2.24, 2.45) is 5.92 Å². The average Bonchev–Trinajstić information content (AvgIpc) is 2.15. The molecule has 0 rings (SSSR count). The molecule has 4 heteroatoms. The summed E-state index contributed by atoms with van der Waals surface area (Å²) in [5.74, 6) is 0.0104. The molecule has 0 spiro atoms. The third-order valence-electron chi connectivity index (χ3n) is 2.25. The number of hydrogen-bond acceptors (Lipinski definition) is 2. The highest BCUT2D eigenvalue weighted by Gasteiger charge is 2.11. The van der Waals surface area contributed by atoms with E-state index in [1.165, 1.54) is 0 Å². The molecule has 0 heterocycles. The Labute approximate surface area is 87.0 Å². The van der Waals surface area contributed by atoms with Crippen molar-refractivity contribution < 1.29 is 9.59 Å². The lowest BCUT2D eigenvalue weighted by Crippen LogP contribution is -2.16. The molecule has 0 aliphatic rings. The Kier molecular flexibility index (Phi) is 8.29. The first kappa shape index (κ1) is 13.2. The van der Waals surface area contributed by atoms with Crippen molar-refractivity contribution in [3.05, 3.63) is 0 Å². The fourth-order valence-corrected chi connectivity index (χ4v) is 1.45. The lowest BCUT2D eigenvalue weighted by Gasteiger charge is -2.12. The van der Waals surface area contributed by atoms with E-state index in [-0.39, 0.29) is 11.6 Å². The minimum Gasteiger partial charge on any atom is -0.359 e. The van der Waals surface area contributed by atoms with Crippen LogP contribution in [0.3, 0.4) is 0 Å². The van der Waals surface area contributed by atoms with Crippen LogP contribution >= 0.6 is 0 Å². The van der Waals surface area contributed by atoms with Crippen LogP contribution in [0.2, 0.25) is 0 Å². The standard InChI is InChI=1S/C10H18BNO2/c1-2-5-9(10(11)14)6-3-4-7-12-8-13/h8-9H,2-7H2,1H3,(H,12,13)/t9-/m0/s1. The summed E-state index contributed by atoms with van der Waals surface area (Å²) in [6.45, 7) is 2.73. The van der Waals surface area contributed by atoms with Crippen molar-refractivity contribution in [3.63, 3.8) is 0 Å². The normalized spacial score (nSPS) is 12.1. The minimum absolute atomic E-state index is 0.0104. The second-order valence-corrected chi connectivity index (χ2v) is 3.46. The Morgan fingerprint density at radius 3 is 2.64 bits per heavy atom. The van der Waals surface area contributed by atoms with Gasteiger partial charge in [0, 0.05) is 12.5 Å². The lowest BCUT2D eigenvalue weighted by atomic mass is 9.83. The van der Waals surface area contributed by atoms with Crippen LogP contribution in [0.15, 0.2) is 0 Å². The van der Waals surface area contributed by atoms with Gasteiger partial charge in [-0.3, -0.25) is 4.79 Å². The fraction of sp³-hybridized carbons (Fsp3) is 0.800. The Morgan fingerprint density at radius 1 is 1.43 bits per heavy atom. The number of hydrogen-bond donors (Lipinski definition) is 1. The van der Waals surface area contributed by atoms with Crippen LogP contribution in [0.5, 0.6) is 0 Å². The minimum atomic E-state index is -0.199. The Bertz CT molecular complexity index is 174. The molecule has 1 N–H and O–H groups in total. The highest BCUT2D eigenvalue weighted by atomic mass is 16.1. The van der Waals surface area contributed by atoms with E-state index < -0.39 is 0 Å². The molecule has 0 fully saturated rings. The second kappa shape index (κ2) is 8.79. The molecule has 2 radical (unpaired) electrons. The highest BCUT2D eigenvalue weighted by molar-refractivity contribution is 6.58. The van der Waals surface area contributed by atoms with Gasteiger partial charge < -0.3 is 10.1 Å². The van der Waals surface area contributed by atoms with Crippen LogP contribution in [0.1, 0.15) is 39.0 Å². The molecule has 0 saturated carbocycles. The number of carbonyl (C=O) groups is 2. The molecule has 0 aliphatic carbocycles. The van der Waals surface area contributed by atoms with Crippen molar-refractivity contribution in [2.45, 2.75) is 39.0 Å². The first-order chi connectivity index (χ1) is 6.72. The second-order valence-electron chi connectivity index (χ2n) is 3.46. The third kappa shape index (κ3) is 6.69. The summed E-state index contributed by atoms with van der Waals surface area (Å²) < 4.78 is 0. The molecule has 1 amide bonds. The zero-order valence-corrected chi connectivity index (χ0v) is 8.79. The summed E-state index contributed by atoms with van der Waals surface area (Å²) in [4.78, 5) is 20.9. The molecule has 0 aromatic rings. The number of amides is 1. The van der Waals surface area contributed by atoms with E-state index in [9.17, 15) is 9.59 Å². The van der Waals surface area contributed by atoms with E-state index in [1.807, 2.05) is 6.92 Å². The van der Waals surface area contributed by atoms with Crippen molar-refractivity contribution in [1.82, 2.24) is 5.32 Å².